The summed E-state index contributed by atoms with van der Waals surface area (Å²) in [6.07, 6.45) is 1.33. The molecule has 1 heterocycles. The maximum atomic E-state index is 12.1. The van der Waals surface area contributed by atoms with Gasteiger partial charge in [-0.25, -0.2) is 9.59 Å². The highest BCUT2D eigenvalue weighted by Crippen LogP contribution is 2.27. The highest BCUT2D eigenvalue weighted by molar-refractivity contribution is 5.96. The minimum Gasteiger partial charge on any atom is -0.464 e. The summed E-state index contributed by atoms with van der Waals surface area (Å²) in [6, 6.07) is 16.5. The van der Waals surface area contributed by atoms with Gasteiger partial charge in [0.2, 0.25) is 0 Å². The summed E-state index contributed by atoms with van der Waals surface area (Å²) in [7, 11) is 1.26. The number of aromatic nitrogens is 1. The summed E-state index contributed by atoms with van der Waals surface area (Å²) in [5, 5.41) is 9.23. The molecule has 3 aromatic rings. The number of nitrogens with zero attached hydrogens (tertiary/aromatic N) is 2. The van der Waals surface area contributed by atoms with Crippen molar-refractivity contribution in [1.82, 2.24) is 4.57 Å². The minimum atomic E-state index is -0.623. The molecule has 0 aliphatic carbocycles. The lowest BCUT2D eigenvalue weighted by atomic mass is 10.0. The first-order valence-corrected chi connectivity index (χ1v) is 9.26. The monoisotopic (exact) mass is 403 g/mol. The number of nitrogen functional groups attached to an aromatic ring is 1. The van der Waals surface area contributed by atoms with E-state index in [1.807, 2.05) is 42.5 Å². The Morgan fingerprint density at radius 3 is 2.07 bits per heavy atom. The largest absolute Gasteiger partial charge is 0.464 e. The lowest BCUT2D eigenvalue weighted by Crippen LogP contribution is -2.11. The Morgan fingerprint density at radius 1 is 1.00 bits per heavy atom. The molecule has 2 N–H and O–H groups in total. The second kappa shape index (κ2) is 8.53. The Balaban J connectivity index is 1.90. The maximum absolute atomic E-state index is 12.1. The molecule has 0 fully saturated rings. The molecule has 7 heteroatoms. The number of nitriles is 1. The van der Waals surface area contributed by atoms with Crippen LogP contribution in [-0.2, 0) is 9.47 Å². The van der Waals surface area contributed by atoms with Crippen LogP contribution >= 0.6 is 0 Å². The fourth-order valence-electron chi connectivity index (χ4n) is 3.01. The van der Waals surface area contributed by atoms with Crippen molar-refractivity contribution in [2.24, 2.45) is 0 Å². The van der Waals surface area contributed by atoms with Crippen LogP contribution in [0.5, 0.6) is 0 Å². The number of hydrogen-bond donors (Lipinski definition) is 1. The predicted molar refractivity (Wildman–Crippen MR) is 112 cm³/mol. The molecule has 0 spiro atoms. The Kier molecular flexibility index (Phi) is 5.88. The van der Waals surface area contributed by atoms with E-state index in [-0.39, 0.29) is 29.0 Å². The van der Waals surface area contributed by atoms with Gasteiger partial charge in [-0.3, -0.25) is 0 Å². The normalized spacial score (nSPS) is 10.5. The number of benzene rings is 2. The molecule has 0 unspecified atom stereocenters. The molecule has 1 aromatic heterocycles. The van der Waals surface area contributed by atoms with Crippen molar-refractivity contribution < 1.29 is 19.1 Å². The molecule has 2 aromatic carbocycles. The average molecular weight is 403 g/mol. The Bertz CT molecular complexity index is 1120. The van der Waals surface area contributed by atoms with Gasteiger partial charge in [-0.1, -0.05) is 24.3 Å². The third kappa shape index (κ3) is 4.03. The first kappa shape index (κ1) is 20.7. The number of ether oxygens (including phenoxy) is 2. The van der Waals surface area contributed by atoms with Crippen molar-refractivity contribution >= 4 is 17.6 Å². The summed E-state index contributed by atoms with van der Waals surface area (Å²) in [6.45, 7) is 3.61. The molecule has 0 aliphatic rings. The van der Waals surface area contributed by atoms with Crippen LogP contribution < -0.4 is 5.73 Å². The molecular weight excluding hydrogens is 382 g/mol. The summed E-state index contributed by atoms with van der Waals surface area (Å²) in [5.41, 5.74) is 9.30. The van der Waals surface area contributed by atoms with E-state index in [1.165, 1.54) is 17.9 Å². The van der Waals surface area contributed by atoms with Crippen molar-refractivity contribution in [3.8, 4) is 22.9 Å². The molecule has 0 saturated heterocycles. The van der Waals surface area contributed by atoms with E-state index in [0.717, 1.165) is 11.1 Å². The Labute approximate surface area is 174 Å². The van der Waals surface area contributed by atoms with E-state index in [1.54, 1.807) is 26.0 Å². The lowest BCUT2D eigenvalue weighted by Gasteiger charge is -2.10. The number of nitrogens with two attached hydrogens (primary N) is 1. The minimum absolute atomic E-state index is 0.0808. The van der Waals surface area contributed by atoms with Gasteiger partial charge in [-0.2, -0.15) is 5.26 Å². The van der Waals surface area contributed by atoms with Gasteiger partial charge in [0.15, 0.2) is 5.69 Å². The van der Waals surface area contributed by atoms with Gasteiger partial charge in [-0.15, -0.1) is 0 Å². The molecule has 152 valence electrons. The fraction of sp³-hybridized carbons (Fsp3) is 0.174. The Morgan fingerprint density at radius 2 is 1.57 bits per heavy atom. The van der Waals surface area contributed by atoms with E-state index < -0.39 is 5.97 Å². The highest BCUT2D eigenvalue weighted by Gasteiger charge is 2.21. The van der Waals surface area contributed by atoms with Crippen LogP contribution in [0.1, 0.15) is 40.3 Å². The van der Waals surface area contributed by atoms with Crippen molar-refractivity contribution in [3.05, 3.63) is 71.5 Å². The first-order valence-electron chi connectivity index (χ1n) is 9.26. The van der Waals surface area contributed by atoms with E-state index in [2.05, 4.69) is 0 Å². The van der Waals surface area contributed by atoms with Gasteiger partial charge >= 0.3 is 11.9 Å². The number of rotatable bonds is 5. The number of methoxy groups -OCH3 is 1. The van der Waals surface area contributed by atoms with Crippen LogP contribution in [0.25, 0.3) is 16.8 Å². The van der Waals surface area contributed by atoms with Gasteiger partial charge in [0, 0.05) is 11.9 Å². The van der Waals surface area contributed by atoms with Crippen LogP contribution in [0.2, 0.25) is 0 Å². The third-order valence-electron chi connectivity index (χ3n) is 4.49. The third-order valence-corrected chi connectivity index (χ3v) is 4.49. The highest BCUT2D eigenvalue weighted by atomic mass is 16.5. The van der Waals surface area contributed by atoms with Crippen LogP contribution in [0, 0.1) is 11.3 Å². The maximum Gasteiger partial charge on any atom is 0.357 e. The van der Waals surface area contributed by atoms with Crippen LogP contribution in [0.3, 0.4) is 0 Å². The zero-order chi connectivity index (χ0) is 21.8. The number of carbonyl (C=O) groups is 2. The molecule has 7 nitrogen and oxygen atoms in total. The van der Waals surface area contributed by atoms with Crippen LogP contribution in [-0.4, -0.2) is 29.7 Å². The van der Waals surface area contributed by atoms with E-state index in [0.29, 0.717) is 11.3 Å². The Hall–Kier alpha value is -4.05. The fourth-order valence-corrected chi connectivity index (χ4v) is 3.01. The topological polar surface area (TPSA) is 107 Å². The smallest absolute Gasteiger partial charge is 0.357 e. The van der Waals surface area contributed by atoms with Crippen molar-refractivity contribution in [2.45, 2.75) is 20.0 Å². The van der Waals surface area contributed by atoms with Crippen molar-refractivity contribution in [3.63, 3.8) is 0 Å². The number of anilines is 1. The summed E-state index contributed by atoms with van der Waals surface area (Å²) in [4.78, 5) is 24.1. The van der Waals surface area contributed by atoms with Crippen molar-refractivity contribution in [2.75, 3.05) is 12.8 Å². The zero-order valence-electron chi connectivity index (χ0n) is 16.9. The van der Waals surface area contributed by atoms with Crippen LogP contribution in [0.15, 0.2) is 54.7 Å². The molecule has 0 atom stereocenters. The molecule has 30 heavy (non-hydrogen) atoms. The summed E-state index contributed by atoms with van der Waals surface area (Å²) < 4.78 is 11.5. The molecule has 0 amide bonds. The van der Waals surface area contributed by atoms with Gasteiger partial charge in [0.1, 0.15) is 6.07 Å². The van der Waals surface area contributed by atoms with E-state index in [9.17, 15) is 14.9 Å². The van der Waals surface area contributed by atoms with Gasteiger partial charge in [0.05, 0.1) is 30.0 Å². The average Bonchev–Trinajstić information content (AvgIpc) is 3.09. The molecule has 0 saturated carbocycles. The van der Waals surface area contributed by atoms with Crippen molar-refractivity contribution in [1.29, 1.82) is 5.26 Å². The molecular formula is C23H21N3O4. The molecule has 3 rings (SSSR count). The van der Waals surface area contributed by atoms with E-state index in [4.69, 9.17) is 15.2 Å². The SMILES string of the molecule is COC(=O)c1c(N)c(C#N)cn1-c1ccc(-c2ccc(C(=O)OC(C)C)cc2)cc1. The standard InChI is InChI=1S/C23H21N3O4/c1-14(2)30-22(27)17-6-4-15(5-7-17)16-8-10-19(11-9-16)26-13-18(12-24)20(25)21(26)23(28)29-3/h4-11,13-14H,25H2,1-3H3. The van der Waals surface area contributed by atoms with Gasteiger partial charge in [0.25, 0.3) is 0 Å². The summed E-state index contributed by atoms with van der Waals surface area (Å²) >= 11 is 0. The number of carbonyl (C=O) groups excluding carboxylic acids is 2. The number of hydrogen-bond acceptors (Lipinski definition) is 6. The van der Waals surface area contributed by atoms with Gasteiger partial charge < -0.3 is 19.8 Å². The molecule has 0 bridgehead atoms. The first-order chi connectivity index (χ1) is 14.3. The second-order valence-corrected chi connectivity index (χ2v) is 6.86. The quantitative estimate of drug-likeness (QED) is 0.646. The van der Waals surface area contributed by atoms with Gasteiger partial charge in [-0.05, 0) is 49.2 Å². The van der Waals surface area contributed by atoms with Crippen LogP contribution in [0.4, 0.5) is 5.69 Å². The second-order valence-electron chi connectivity index (χ2n) is 6.86. The molecule has 0 radical (unpaired) electrons. The lowest BCUT2D eigenvalue weighted by molar-refractivity contribution is 0.0377. The van der Waals surface area contributed by atoms with E-state index >= 15 is 0 Å². The number of esters is 2. The summed E-state index contributed by atoms with van der Waals surface area (Å²) in [5.74, 6) is -0.984. The zero-order valence-corrected chi connectivity index (χ0v) is 16.9. The molecule has 0 aliphatic heterocycles. The predicted octanol–water partition coefficient (Wildman–Crippen LogP) is 3.95.